The van der Waals surface area contributed by atoms with Crippen LogP contribution in [0.25, 0.3) is 0 Å². The van der Waals surface area contributed by atoms with Crippen LogP contribution in [0.1, 0.15) is 24.8 Å². The molecule has 1 aliphatic rings. The third-order valence-corrected chi connectivity index (χ3v) is 4.83. The summed E-state index contributed by atoms with van der Waals surface area (Å²) in [7, 11) is 7.55. The topological polar surface area (TPSA) is 51.2 Å². The van der Waals surface area contributed by atoms with Crippen molar-refractivity contribution in [3.63, 3.8) is 0 Å². The van der Waals surface area contributed by atoms with E-state index in [4.69, 9.17) is 0 Å². The first kappa shape index (κ1) is 20.2. The van der Waals surface area contributed by atoms with Gasteiger partial charge in [0.15, 0.2) is 5.96 Å². The van der Waals surface area contributed by atoms with Crippen molar-refractivity contribution in [1.82, 2.24) is 20.0 Å². The van der Waals surface area contributed by atoms with Crippen molar-refractivity contribution in [2.75, 3.05) is 47.8 Å². The molecular formula is C20H33N5O. The van der Waals surface area contributed by atoms with Gasteiger partial charge in [-0.25, -0.2) is 0 Å². The van der Waals surface area contributed by atoms with Crippen LogP contribution in [0.2, 0.25) is 0 Å². The summed E-state index contributed by atoms with van der Waals surface area (Å²) in [5, 5.41) is 3.43. The third-order valence-electron chi connectivity index (χ3n) is 4.83. The maximum atomic E-state index is 12.2. The van der Waals surface area contributed by atoms with Gasteiger partial charge in [0.05, 0.1) is 6.04 Å². The monoisotopic (exact) mass is 359 g/mol. The SMILES string of the molecule is CN=C(NCCCN1CCCC1C(=O)N(C)C)N(C)Cc1ccccc1. The lowest BCUT2D eigenvalue weighted by Gasteiger charge is -2.26. The van der Waals surface area contributed by atoms with Crippen LogP contribution in [0.4, 0.5) is 0 Å². The quantitative estimate of drug-likeness (QED) is 0.457. The van der Waals surface area contributed by atoms with E-state index >= 15 is 0 Å². The van der Waals surface area contributed by atoms with Crippen LogP contribution in [-0.2, 0) is 11.3 Å². The minimum Gasteiger partial charge on any atom is -0.356 e. The van der Waals surface area contributed by atoms with Gasteiger partial charge in [-0.05, 0) is 31.4 Å². The molecule has 1 N–H and O–H groups in total. The third kappa shape index (κ3) is 5.73. The first-order valence-electron chi connectivity index (χ1n) is 9.44. The molecule has 1 aromatic rings. The smallest absolute Gasteiger partial charge is 0.239 e. The molecule has 1 aliphatic heterocycles. The molecule has 1 unspecified atom stereocenters. The highest BCUT2D eigenvalue weighted by atomic mass is 16.2. The fourth-order valence-corrected chi connectivity index (χ4v) is 3.47. The number of carbonyl (C=O) groups excluding carboxylic acids is 1. The molecule has 1 atom stereocenters. The molecule has 2 rings (SSSR count). The Kier molecular flexibility index (Phi) is 7.91. The molecule has 1 saturated heterocycles. The van der Waals surface area contributed by atoms with Crippen LogP contribution in [-0.4, -0.2) is 80.4 Å². The van der Waals surface area contributed by atoms with E-state index in [9.17, 15) is 4.79 Å². The molecule has 26 heavy (non-hydrogen) atoms. The predicted molar refractivity (Wildman–Crippen MR) is 107 cm³/mol. The Hall–Kier alpha value is -2.08. The Morgan fingerprint density at radius 2 is 2.00 bits per heavy atom. The summed E-state index contributed by atoms with van der Waals surface area (Å²) in [5.41, 5.74) is 1.26. The highest BCUT2D eigenvalue weighted by molar-refractivity contribution is 5.81. The van der Waals surface area contributed by atoms with Crippen LogP contribution in [0.5, 0.6) is 0 Å². The number of carbonyl (C=O) groups is 1. The van der Waals surface area contributed by atoms with Crippen molar-refractivity contribution < 1.29 is 4.79 Å². The Morgan fingerprint density at radius 1 is 1.27 bits per heavy atom. The van der Waals surface area contributed by atoms with Gasteiger partial charge in [-0.3, -0.25) is 14.7 Å². The fraction of sp³-hybridized carbons (Fsp3) is 0.600. The van der Waals surface area contributed by atoms with Gasteiger partial charge in [-0.2, -0.15) is 0 Å². The van der Waals surface area contributed by atoms with Crippen LogP contribution in [0.15, 0.2) is 35.3 Å². The molecule has 0 bridgehead atoms. The average molecular weight is 360 g/mol. The Bertz CT molecular complexity index is 587. The number of aliphatic imine (C=N–C) groups is 1. The molecule has 1 fully saturated rings. The summed E-state index contributed by atoms with van der Waals surface area (Å²) in [5.74, 6) is 1.13. The molecule has 1 amide bonds. The predicted octanol–water partition coefficient (Wildman–Crippen LogP) is 1.64. The molecule has 0 aliphatic carbocycles. The van der Waals surface area contributed by atoms with Crippen molar-refractivity contribution in [1.29, 1.82) is 0 Å². The van der Waals surface area contributed by atoms with E-state index in [1.807, 2.05) is 27.2 Å². The normalized spacial score (nSPS) is 18.0. The molecule has 1 aromatic carbocycles. The number of amides is 1. The standard InChI is InChI=1S/C20H33N5O/c1-21-20(24(4)16-17-10-6-5-7-11-17)22-13-9-15-25-14-8-12-18(25)19(26)23(2)3/h5-7,10-11,18H,8-9,12-16H2,1-4H3,(H,21,22). The molecular weight excluding hydrogens is 326 g/mol. The average Bonchev–Trinajstić information content (AvgIpc) is 3.10. The van der Waals surface area contributed by atoms with Crippen molar-refractivity contribution in [2.24, 2.45) is 4.99 Å². The number of guanidine groups is 1. The minimum atomic E-state index is 0.0602. The van der Waals surface area contributed by atoms with E-state index in [2.05, 4.69) is 51.4 Å². The summed E-state index contributed by atoms with van der Waals surface area (Å²) < 4.78 is 0. The maximum Gasteiger partial charge on any atom is 0.239 e. The number of hydrogen-bond donors (Lipinski definition) is 1. The van der Waals surface area contributed by atoms with Gasteiger partial charge in [0.25, 0.3) is 0 Å². The number of likely N-dealkylation sites (tertiary alicyclic amines) is 1. The lowest BCUT2D eigenvalue weighted by molar-refractivity contribution is -0.133. The van der Waals surface area contributed by atoms with E-state index in [1.165, 1.54) is 5.56 Å². The van der Waals surface area contributed by atoms with Crippen LogP contribution in [0.3, 0.4) is 0 Å². The van der Waals surface area contributed by atoms with Gasteiger partial charge >= 0.3 is 0 Å². The Balaban J connectivity index is 1.74. The highest BCUT2D eigenvalue weighted by Crippen LogP contribution is 2.18. The number of nitrogens with zero attached hydrogens (tertiary/aromatic N) is 4. The lowest BCUT2D eigenvalue weighted by Crippen LogP contribution is -2.44. The summed E-state index contributed by atoms with van der Waals surface area (Å²) in [6.45, 7) is 3.64. The lowest BCUT2D eigenvalue weighted by atomic mass is 10.2. The first-order chi connectivity index (χ1) is 12.5. The van der Waals surface area contributed by atoms with Crippen molar-refractivity contribution >= 4 is 11.9 Å². The number of rotatable bonds is 7. The zero-order valence-electron chi connectivity index (χ0n) is 16.6. The zero-order chi connectivity index (χ0) is 18.9. The van der Waals surface area contributed by atoms with E-state index < -0.39 is 0 Å². The van der Waals surface area contributed by atoms with Gasteiger partial charge in [0.1, 0.15) is 0 Å². The maximum absolute atomic E-state index is 12.2. The fourth-order valence-electron chi connectivity index (χ4n) is 3.47. The second-order valence-electron chi connectivity index (χ2n) is 7.10. The molecule has 6 heteroatoms. The van der Waals surface area contributed by atoms with Gasteiger partial charge in [0.2, 0.25) is 5.91 Å². The minimum absolute atomic E-state index is 0.0602. The summed E-state index contributed by atoms with van der Waals surface area (Å²) >= 11 is 0. The largest absolute Gasteiger partial charge is 0.356 e. The summed E-state index contributed by atoms with van der Waals surface area (Å²) in [6.07, 6.45) is 3.08. The first-order valence-corrected chi connectivity index (χ1v) is 9.44. The molecule has 0 radical (unpaired) electrons. The van der Waals surface area contributed by atoms with Gasteiger partial charge in [0, 0.05) is 47.8 Å². The molecule has 144 valence electrons. The van der Waals surface area contributed by atoms with Crippen LogP contribution in [0, 0.1) is 0 Å². The van der Waals surface area contributed by atoms with Gasteiger partial charge < -0.3 is 15.1 Å². The summed E-state index contributed by atoms with van der Waals surface area (Å²) in [6, 6.07) is 10.5. The van der Waals surface area contributed by atoms with Crippen LogP contribution < -0.4 is 5.32 Å². The van der Waals surface area contributed by atoms with E-state index in [0.29, 0.717) is 0 Å². The second kappa shape index (κ2) is 10.2. The molecule has 0 aromatic heterocycles. The number of benzene rings is 1. The van der Waals surface area contributed by atoms with Gasteiger partial charge in [-0.1, -0.05) is 30.3 Å². The van der Waals surface area contributed by atoms with Gasteiger partial charge in [-0.15, -0.1) is 0 Å². The summed E-state index contributed by atoms with van der Waals surface area (Å²) in [4.78, 5) is 22.8. The Morgan fingerprint density at radius 3 is 2.65 bits per heavy atom. The van der Waals surface area contributed by atoms with Crippen LogP contribution >= 0.6 is 0 Å². The number of hydrogen-bond acceptors (Lipinski definition) is 3. The zero-order valence-corrected chi connectivity index (χ0v) is 16.6. The van der Waals surface area contributed by atoms with Crippen molar-refractivity contribution in [2.45, 2.75) is 31.8 Å². The molecule has 1 heterocycles. The number of nitrogens with one attached hydrogen (secondary N) is 1. The Labute approximate surface area is 157 Å². The van der Waals surface area contributed by atoms with E-state index in [1.54, 1.807) is 4.90 Å². The van der Waals surface area contributed by atoms with E-state index in [-0.39, 0.29) is 11.9 Å². The van der Waals surface area contributed by atoms with Crippen molar-refractivity contribution in [3.05, 3.63) is 35.9 Å². The molecule has 6 nitrogen and oxygen atoms in total. The molecule has 0 spiro atoms. The molecule has 0 saturated carbocycles. The highest BCUT2D eigenvalue weighted by Gasteiger charge is 2.30. The van der Waals surface area contributed by atoms with Crippen molar-refractivity contribution in [3.8, 4) is 0 Å². The second-order valence-corrected chi connectivity index (χ2v) is 7.10. The van der Waals surface area contributed by atoms with E-state index in [0.717, 1.165) is 51.4 Å². The number of likely N-dealkylation sites (N-methyl/N-ethyl adjacent to an activating group) is 1.